The van der Waals surface area contributed by atoms with Crippen molar-refractivity contribution in [3.05, 3.63) is 112 Å². The molecule has 0 amide bonds. The van der Waals surface area contributed by atoms with Crippen LogP contribution in [0, 0.1) is 6.92 Å². The minimum atomic E-state index is -0.0151. The van der Waals surface area contributed by atoms with Crippen LogP contribution in [0.25, 0.3) is 12.2 Å². The normalized spacial score (nSPS) is 10.8. The molecule has 0 spiro atoms. The molecule has 6 aromatic rings. The number of aryl methyl sites for hydroxylation is 1. The molecule has 2 aromatic heterocycles. The molecule has 15 nitrogen and oxygen atoms in total. The summed E-state index contributed by atoms with van der Waals surface area (Å²) in [5.74, 6) is 2.49. The Morgan fingerprint density at radius 1 is 0.589 bits per heavy atom. The molecular formula is C37H33Cl2N10NaO5S. The van der Waals surface area contributed by atoms with Gasteiger partial charge in [0.05, 0.1) is 25.3 Å². The molecule has 0 aliphatic carbocycles. The molecule has 0 radical (unpaired) electrons. The molecule has 6 rings (SSSR count). The van der Waals surface area contributed by atoms with Gasteiger partial charge in [-0.2, -0.15) is 34.2 Å². The zero-order valence-electron chi connectivity index (χ0n) is 30.5. The Kier molecular flexibility index (Phi) is 15.9. The maximum Gasteiger partial charge on any atom is 1.00 e. The third-order valence-corrected chi connectivity index (χ3v) is 8.44. The van der Waals surface area contributed by atoms with Gasteiger partial charge in [0.25, 0.3) is 0 Å². The Morgan fingerprint density at radius 3 is 1.45 bits per heavy atom. The van der Waals surface area contributed by atoms with E-state index in [0.29, 0.717) is 23.8 Å². The van der Waals surface area contributed by atoms with Crippen LogP contribution in [0.4, 0.5) is 46.5 Å². The number of hydrogen-bond donors (Lipinski definition) is 4. The molecule has 0 bridgehead atoms. The minimum absolute atomic E-state index is 0. The van der Waals surface area contributed by atoms with Crippen LogP contribution in [0.3, 0.4) is 0 Å². The number of ether oxygens (including phenoxy) is 2. The molecule has 56 heavy (non-hydrogen) atoms. The van der Waals surface area contributed by atoms with Crippen LogP contribution in [-0.2, 0) is 9.37 Å². The molecule has 2 heterocycles. The van der Waals surface area contributed by atoms with Gasteiger partial charge in [-0.3, -0.25) is 5.04 Å². The van der Waals surface area contributed by atoms with Gasteiger partial charge >= 0.3 is 29.6 Å². The van der Waals surface area contributed by atoms with E-state index >= 15 is 0 Å². The molecule has 0 aliphatic rings. The molecule has 0 fully saturated rings. The topological polar surface area (TPSA) is 185 Å². The first-order valence-electron chi connectivity index (χ1n) is 16.7. The summed E-state index contributed by atoms with van der Waals surface area (Å²) in [6.45, 7) is 6.97. The molecule has 19 heteroatoms. The third-order valence-electron chi connectivity index (χ3n) is 7.45. The van der Waals surface area contributed by atoms with Crippen molar-refractivity contribution in [2.45, 2.75) is 25.7 Å². The maximum absolute atomic E-state index is 10.7. The molecule has 0 aliphatic heterocycles. The first-order valence-corrected chi connectivity index (χ1v) is 18.2. The number of halogens is 2. The van der Waals surface area contributed by atoms with Gasteiger partial charge in [-0.25, -0.2) is 0 Å². The molecule has 4 N–H and O–H groups in total. The molecule has 0 saturated heterocycles. The van der Waals surface area contributed by atoms with E-state index in [-0.39, 0.29) is 63.9 Å². The van der Waals surface area contributed by atoms with Crippen molar-refractivity contribution in [1.29, 1.82) is 0 Å². The number of nitrogens with zero attached hydrogens (tertiary/aromatic N) is 6. The second kappa shape index (κ2) is 21.0. The van der Waals surface area contributed by atoms with Gasteiger partial charge in [-0.1, -0.05) is 24.3 Å². The van der Waals surface area contributed by atoms with Crippen LogP contribution < -0.4 is 65.6 Å². The van der Waals surface area contributed by atoms with Gasteiger partial charge in [0, 0.05) is 27.6 Å². The van der Waals surface area contributed by atoms with Crippen LogP contribution in [0.1, 0.15) is 30.5 Å². The van der Waals surface area contributed by atoms with Gasteiger partial charge in [-0.05, 0) is 133 Å². The summed E-state index contributed by atoms with van der Waals surface area (Å²) in [4.78, 5) is 26.2. The first kappa shape index (κ1) is 42.4. The van der Waals surface area contributed by atoms with Crippen LogP contribution in [-0.4, -0.2) is 43.1 Å². The SMILES string of the molecule is CCOc1ccc(Nc2nc(Cl)nc(Nc3ccc(/C=C/c4ccc(Nc5nc(Cl)nc(Nc6ccc(OCC)cc6)n5)cc4SOO[O-])c(C)c3)n2)cc1.[Na+]. The second-order valence-electron chi connectivity index (χ2n) is 11.3. The summed E-state index contributed by atoms with van der Waals surface area (Å²) in [6, 6.07) is 25.9. The average molecular weight is 824 g/mol. The maximum atomic E-state index is 10.7. The number of rotatable bonds is 17. The van der Waals surface area contributed by atoms with Gasteiger partial charge in [0.15, 0.2) is 0 Å². The molecule has 0 atom stereocenters. The Hall–Kier alpha value is -4.75. The summed E-state index contributed by atoms with van der Waals surface area (Å²) in [7, 11) is 0. The Bertz CT molecular complexity index is 2260. The summed E-state index contributed by atoms with van der Waals surface area (Å²) < 4.78 is 15.7. The van der Waals surface area contributed by atoms with Crippen LogP contribution in [0.15, 0.2) is 89.8 Å². The van der Waals surface area contributed by atoms with E-state index in [2.05, 4.69) is 60.5 Å². The van der Waals surface area contributed by atoms with E-state index < -0.39 is 0 Å². The molecule has 4 aromatic carbocycles. The number of anilines is 8. The van der Waals surface area contributed by atoms with Crippen molar-refractivity contribution in [1.82, 2.24) is 29.9 Å². The second-order valence-corrected chi connectivity index (χ2v) is 12.7. The summed E-state index contributed by atoms with van der Waals surface area (Å²) >= 11 is 13.2. The van der Waals surface area contributed by atoms with Crippen LogP contribution in [0.5, 0.6) is 11.5 Å². The van der Waals surface area contributed by atoms with Crippen molar-refractivity contribution >= 4 is 93.9 Å². The fourth-order valence-electron chi connectivity index (χ4n) is 5.04. The van der Waals surface area contributed by atoms with Crippen molar-refractivity contribution in [2.75, 3.05) is 34.5 Å². The largest absolute Gasteiger partial charge is 1.00 e. The quantitative estimate of drug-likeness (QED) is 0.0282. The summed E-state index contributed by atoms with van der Waals surface area (Å²) in [6.07, 6.45) is 3.83. The fourth-order valence-corrected chi connectivity index (χ4v) is 5.86. The minimum Gasteiger partial charge on any atom is -0.691 e. The average Bonchev–Trinajstić information content (AvgIpc) is 3.15. The van der Waals surface area contributed by atoms with Gasteiger partial charge in [-0.15, -0.1) is 0 Å². The molecule has 0 unspecified atom stereocenters. The number of nitrogens with one attached hydrogen (secondary N) is 4. The van der Waals surface area contributed by atoms with Crippen molar-refractivity contribution < 1.29 is 53.7 Å². The predicted molar refractivity (Wildman–Crippen MR) is 213 cm³/mol. The molecular weight excluding hydrogens is 790 g/mol. The smallest absolute Gasteiger partial charge is 0.691 e. The van der Waals surface area contributed by atoms with Gasteiger partial charge in [0.2, 0.25) is 34.4 Å². The van der Waals surface area contributed by atoms with E-state index in [1.807, 2.05) is 112 Å². The Morgan fingerprint density at radius 2 is 1.00 bits per heavy atom. The number of benzene rings is 4. The third kappa shape index (κ3) is 12.4. The monoisotopic (exact) mass is 822 g/mol. The summed E-state index contributed by atoms with van der Waals surface area (Å²) in [5.41, 5.74) is 5.47. The van der Waals surface area contributed by atoms with Gasteiger partial charge < -0.3 is 36.0 Å². The number of aromatic nitrogens is 6. The molecule has 0 saturated carbocycles. The first-order chi connectivity index (χ1) is 26.8. The van der Waals surface area contributed by atoms with E-state index in [0.717, 1.165) is 57.3 Å². The standard InChI is InChI=1S/C37H34Cl2N10O5S.Na/c1-4-51-29-16-12-25(13-17-29)40-34-44-32(38)46-36(48-34)42-27-10-8-23(22(3)20-27)6-7-24-9-11-28(21-31(24)55-54-53-50)43-37-47-33(39)45-35(49-37)41-26-14-18-30(19-15-26)52-5-2;/h6-21,50H,4-5H2,1-3H3,(H2,40,42,44,46,48)(H2,41,43,45,47,49);/q;+1/p-1/b7-6+;. The summed E-state index contributed by atoms with van der Waals surface area (Å²) in [5, 5.41) is 26.9. The van der Waals surface area contributed by atoms with E-state index in [1.165, 1.54) is 0 Å². The van der Waals surface area contributed by atoms with E-state index in [1.54, 1.807) is 6.07 Å². The molecule has 282 valence electrons. The van der Waals surface area contributed by atoms with Crippen molar-refractivity contribution in [3.63, 3.8) is 0 Å². The van der Waals surface area contributed by atoms with E-state index in [4.69, 9.17) is 32.7 Å². The Balaban J connectivity index is 0.00000600. The Labute approximate surface area is 359 Å². The number of hydrogen-bond acceptors (Lipinski definition) is 16. The van der Waals surface area contributed by atoms with Gasteiger partial charge in [0.1, 0.15) is 11.5 Å². The van der Waals surface area contributed by atoms with Crippen LogP contribution >= 0.6 is 35.2 Å². The predicted octanol–water partition coefficient (Wildman–Crippen LogP) is 5.85. The van der Waals surface area contributed by atoms with Crippen molar-refractivity contribution in [3.8, 4) is 11.5 Å². The van der Waals surface area contributed by atoms with Crippen molar-refractivity contribution in [2.24, 2.45) is 0 Å². The van der Waals surface area contributed by atoms with E-state index in [9.17, 15) is 5.26 Å². The van der Waals surface area contributed by atoms with Crippen LogP contribution in [0.2, 0.25) is 10.6 Å². The fraction of sp³-hybridized carbons (Fsp3) is 0.135. The zero-order valence-corrected chi connectivity index (χ0v) is 34.9. The zero-order chi connectivity index (χ0) is 38.6.